The fraction of sp³-hybridized carbons (Fsp3) is 0.500. The molecule has 1 aromatic rings. The van der Waals surface area contributed by atoms with E-state index < -0.39 is 0 Å². The van der Waals surface area contributed by atoms with Gasteiger partial charge in [0.15, 0.2) is 0 Å². The Labute approximate surface area is 140 Å². The van der Waals surface area contributed by atoms with E-state index in [2.05, 4.69) is 31.2 Å². The summed E-state index contributed by atoms with van der Waals surface area (Å²) in [6.45, 7) is 3.72. The number of carbonyl (C=O) groups excluding carboxylic acids is 2. The number of thioether (sulfide) groups is 2. The van der Waals surface area contributed by atoms with Crippen LogP contribution in [-0.4, -0.2) is 46.6 Å². The topological polar surface area (TPSA) is 63.4 Å². The zero-order valence-electron chi connectivity index (χ0n) is 12.8. The Morgan fingerprint density at radius 1 is 1.27 bits per heavy atom. The van der Waals surface area contributed by atoms with Crippen LogP contribution in [-0.2, 0) is 9.59 Å². The molecule has 0 aromatic heterocycles. The van der Waals surface area contributed by atoms with Gasteiger partial charge in [0, 0.05) is 23.2 Å². The van der Waals surface area contributed by atoms with Crippen molar-refractivity contribution >= 4 is 35.3 Å². The Morgan fingerprint density at radius 2 is 2.00 bits per heavy atom. The summed E-state index contributed by atoms with van der Waals surface area (Å²) in [5, 5.41) is 0.573. The standard InChI is InChI=1S/C16H22N2O2S2/c1-12-3-2-4-14(9-12)22-13-5-7-18(8-6-13)16(20)11-21-10-15(17)19/h2-4,9,13H,5-8,10-11H2,1H3,(H2,17,19). The first-order valence-electron chi connectivity index (χ1n) is 7.42. The van der Waals surface area contributed by atoms with Gasteiger partial charge in [-0.2, -0.15) is 0 Å². The molecule has 1 fully saturated rings. The highest BCUT2D eigenvalue weighted by atomic mass is 32.2. The molecule has 2 N–H and O–H groups in total. The molecule has 1 aliphatic rings. The van der Waals surface area contributed by atoms with E-state index in [4.69, 9.17) is 5.73 Å². The van der Waals surface area contributed by atoms with E-state index in [1.807, 2.05) is 16.7 Å². The molecule has 0 radical (unpaired) electrons. The molecule has 0 aliphatic carbocycles. The molecule has 4 nitrogen and oxygen atoms in total. The van der Waals surface area contributed by atoms with Gasteiger partial charge in [0.25, 0.3) is 0 Å². The molecule has 1 aliphatic heterocycles. The summed E-state index contributed by atoms with van der Waals surface area (Å²) < 4.78 is 0. The largest absolute Gasteiger partial charge is 0.369 e. The highest BCUT2D eigenvalue weighted by Gasteiger charge is 2.23. The van der Waals surface area contributed by atoms with Gasteiger partial charge in [0.1, 0.15) is 0 Å². The van der Waals surface area contributed by atoms with E-state index in [-0.39, 0.29) is 17.6 Å². The highest BCUT2D eigenvalue weighted by Crippen LogP contribution is 2.30. The maximum Gasteiger partial charge on any atom is 0.232 e. The fourth-order valence-corrected chi connectivity index (χ4v) is 4.34. The summed E-state index contributed by atoms with van der Waals surface area (Å²) in [4.78, 5) is 25.9. The van der Waals surface area contributed by atoms with Crippen molar-refractivity contribution in [2.75, 3.05) is 24.6 Å². The first-order valence-corrected chi connectivity index (χ1v) is 9.45. The van der Waals surface area contributed by atoms with Gasteiger partial charge in [-0.05, 0) is 31.9 Å². The van der Waals surface area contributed by atoms with Crippen molar-refractivity contribution in [1.82, 2.24) is 4.90 Å². The van der Waals surface area contributed by atoms with E-state index in [9.17, 15) is 9.59 Å². The number of primary amides is 1. The minimum absolute atomic E-state index is 0.116. The van der Waals surface area contributed by atoms with Gasteiger partial charge in [0.05, 0.1) is 11.5 Å². The van der Waals surface area contributed by atoms with Crippen molar-refractivity contribution in [2.45, 2.75) is 29.9 Å². The molecule has 0 spiro atoms. The van der Waals surface area contributed by atoms with Crippen molar-refractivity contribution in [3.8, 4) is 0 Å². The van der Waals surface area contributed by atoms with E-state index in [0.29, 0.717) is 11.0 Å². The third-order valence-electron chi connectivity index (χ3n) is 3.56. The Kier molecular flexibility index (Phi) is 6.64. The smallest absolute Gasteiger partial charge is 0.232 e. The van der Waals surface area contributed by atoms with Crippen LogP contribution in [0.3, 0.4) is 0 Å². The number of likely N-dealkylation sites (tertiary alicyclic amines) is 1. The van der Waals surface area contributed by atoms with Crippen LogP contribution in [0.15, 0.2) is 29.2 Å². The molecular weight excluding hydrogens is 316 g/mol. The van der Waals surface area contributed by atoms with Crippen molar-refractivity contribution in [2.24, 2.45) is 5.73 Å². The van der Waals surface area contributed by atoms with Gasteiger partial charge >= 0.3 is 0 Å². The Balaban J connectivity index is 1.73. The summed E-state index contributed by atoms with van der Waals surface area (Å²) in [5.74, 6) is 0.306. The zero-order valence-corrected chi connectivity index (χ0v) is 14.4. The molecule has 0 bridgehead atoms. The van der Waals surface area contributed by atoms with Crippen LogP contribution >= 0.6 is 23.5 Å². The third-order valence-corrected chi connectivity index (χ3v) is 5.83. The Hall–Kier alpha value is -1.14. The van der Waals surface area contributed by atoms with Crippen LogP contribution in [0.2, 0.25) is 0 Å². The molecule has 2 amide bonds. The number of benzene rings is 1. The van der Waals surface area contributed by atoms with Gasteiger partial charge in [-0.25, -0.2) is 0 Å². The highest BCUT2D eigenvalue weighted by molar-refractivity contribution is 8.00. The summed E-state index contributed by atoms with van der Waals surface area (Å²) >= 11 is 3.21. The second kappa shape index (κ2) is 8.48. The van der Waals surface area contributed by atoms with Crippen LogP contribution in [0.5, 0.6) is 0 Å². The lowest BCUT2D eigenvalue weighted by atomic mass is 10.1. The molecule has 1 aromatic carbocycles. The average Bonchev–Trinajstić information content (AvgIpc) is 2.47. The average molecular weight is 338 g/mol. The number of piperidine rings is 1. The first kappa shape index (κ1) is 17.2. The lowest BCUT2D eigenvalue weighted by molar-refractivity contribution is -0.129. The third kappa shape index (κ3) is 5.57. The number of hydrogen-bond donors (Lipinski definition) is 1. The number of nitrogens with zero attached hydrogens (tertiary/aromatic N) is 1. The lowest BCUT2D eigenvalue weighted by Crippen LogP contribution is -2.40. The maximum atomic E-state index is 12.0. The van der Waals surface area contributed by atoms with Crippen LogP contribution < -0.4 is 5.73 Å². The van der Waals surface area contributed by atoms with Gasteiger partial charge < -0.3 is 10.6 Å². The van der Waals surface area contributed by atoms with Gasteiger partial charge in [-0.3, -0.25) is 9.59 Å². The molecule has 2 rings (SSSR count). The normalized spacial score (nSPS) is 15.8. The second-order valence-corrected chi connectivity index (χ2v) is 7.83. The molecule has 120 valence electrons. The number of amides is 2. The summed E-state index contributed by atoms with van der Waals surface area (Å²) in [7, 11) is 0. The molecular formula is C16H22N2O2S2. The van der Waals surface area contributed by atoms with Crippen molar-refractivity contribution in [3.63, 3.8) is 0 Å². The number of rotatable bonds is 6. The summed E-state index contributed by atoms with van der Waals surface area (Å²) in [6, 6.07) is 8.56. The van der Waals surface area contributed by atoms with Gasteiger partial charge in [-0.15, -0.1) is 23.5 Å². The van der Waals surface area contributed by atoms with Crippen molar-refractivity contribution < 1.29 is 9.59 Å². The van der Waals surface area contributed by atoms with Crippen molar-refractivity contribution in [1.29, 1.82) is 0 Å². The van der Waals surface area contributed by atoms with Gasteiger partial charge in [-0.1, -0.05) is 17.7 Å². The van der Waals surface area contributed by atoms with E-state index in [0.717, 1.165) is 25.9 Å². The molecule has 1 saturated heterocycles. The molecule has 22 heavy (non-hydrogen) atoms. The quantitative estimate of drug-likeness (QED) is 0.864. The maximum absolute atomic E-state index is 12.0. The summed E-state index contributed by atoms with van der Waals surface area (Å²) in [5.41, 5.74) is 6.35. The minimum Gasteiger partial charge on any atom is -0.369 e. The molecule has 0 saturated carbocycles. The van der Waals surface area contributed by atoms with Crippen LogP contribution in [0.25, 0.3) is 0 Å². The monoisotopic (exact) mass is 338 g/mol. The Morgan fingerprint density at radius 3 is 2.64 bits per heavy atom. The van der Waals surface area contributed by atoms with E-state index in [1.165, 1.54) is 22.2 Å². The second-order valence-electron chi connectivity index (χ2n) is 5.47. The predicted octanol–water partition coefficient (Wildman–Crippen LogP) is 2.30. The number of carbonyl (C=O) groups is 2. The minimum atomic E-state index is -0.369. The SMILES string of the molecule is Cc1cccc(SC2CCN(C(=O)CSCC(N)=O)CC2)c1. The molecule has 0 atom stereocenters. The predicted molar refractivity (Wildman–Crippen MR) is 93.2 cm³/mol. The Bertz CT molecular complexity index is 529. The molecule has 0 unspecified atom stereocenters. The van der Waals surface area contributed by atoms with E-state index >= 15 is 0 Å². The van der Waals surface area contributed by atoms with E-state index in [1.54, 1.807) is 0 Å². The lowest BCUT2D eigenvalue weighted by Gasteiger charge is -2.31. The van der Waals surface area contributed by atoms with Crippen LogP contribution in [0.4, 0.5) is 0 Å². The number of nitrogens with two attached hydrogens (primary N) is 1. The van der Waals surface area contributed by atoms with Crippen molar-refractivity contribution in [3.05, 3.63) is 29.8 Å². The number of aryl methyl sites for hydroxylation is 1. The summed E-state index contributed by atoms with van der Waals surface area (Å²) in [6.07, 6.45) is 2.04. The zero-order chi connectivity index (χ0) is 15.9. The van der Waals surface area contributed by atoms with Crippen LogP contribution in [0, 0.1) is 6.92 Å². The van der Waals surface area contributed by atoms with Crippen LogP contribution in [0.1, 0.15) is 18.4 Å². The number of hydrogen-bond acceptors (Lipinski definition) is 4. The first-order chi connectivity index (χ1) is 10.5. The fourth-order valence-electron chi connectivity index (χ4n) is 2.43. The van der Waals surface area contributed by atoms with Gasteiger partial charge in [0.2, 0.25) is 11.8 Å². The molecule has 1 heterocycles. The molecule has 6 heteroatoms.